The summed E-state index contributed by atoms with van der Waals surface area (Å²) in [6.45, 7) is -0.870. The van der Waals surface area contributed by atoms with Crippen LogP contribution in [0.1, 0.15) is 0 Å². The number of aliphatic hydroxyl groups is 1. The van der Waals surface area contributed by atoms with Gasteiger partial charge in [-0.25, -0.2) is 9.48 Å². The maximum atomic E-state index is 12.3. The standard InChI is InChI=1S/C21H21F3N6O2/c1-29-10-14(5-6-18(29)31)15-8-25-19-17(9-27-30(19)11-15)13-3-2-4-16(7-13)28-20(32)26-12-21(22,23)24/h2-7,9-11,18,25,31H,8,12H2,1H3,(H2,26,28,32). The molecule has 4 rings (SSSR count). The molecule has 0 aliphatic carbocycles. The molecule has 0 bridgehead atoms. The number of halogens is 3. The van der Waals surface area contributed by atoms with E-state index in [1.54, 1.807) is 52.4 Å². The van der Waals surface area contributed by atoms with Gasteiger partial charge in [-0.3, -0.25) is 0 Å². The largest absolute Gasteiger partial charge is 0.405 e. The van der Waals surface area contributed by atoms with Crippen LogP contribution in [-0.4, -0.2) is 58.4 Å². The van der Waals surface area contributed by atoms with Crippen LogP contribution in [-0.2, 0) is 0 Å². The molecule has 2 amide bonds. The predicted octanol–water partition coefficient (Wildman–Crippen LogP) is 3.20. The van der Waals surface area contributed by atoms with E-state index >= 15 is 0 Å². The van der Waals surface area contributed by atoms with Gasteiger partial charge in [-0.2, -0.15) is 18.3 Å². The van der Waals surface area contributed by atoms with Gasteiger partial charge in [-0.1, -0.05) is 18.2 Å². The third-order valence-electron chi connectivity index (χ3n) is 4.98. The number of amides is 2. The number of fused-ring (bicyclic) bond motifs is 1. The van der Waals surface area contributed by atoms with Crippen LogP contribution in [0.2, 0.25) is 0 Å². The van der Waals surface area contributed by atoms with Crippen molar-refractivity contribution in [3.8, 4) is 11.1 Å². The zero-order valence-electron chi connectivity index (χ0n) is 17.0. The average Bonchev–Trinajstić information content (AvgIpc) is 3.17. The molecule has 11 heteroatoms. The highest BCUT2D eigenvalue weighted by Crippen LogP contribution is 2.33. The van der Waals surface area contributed by atoms with Crippen LogP contribution in [0, 0.1) is 0 Å². The number of aliphatic hydroxyl groups excluding tert-OH is 1. The summed E-state index contributed by atoms with van der Waals surface area (Å²) in [7, 11) is 1.78. The van der Waals surface area contributed by atoms with Gasteiger partial charge in [0.2, 0.25) is 0 Å². The SMILES string of the molecule is CN1C=C(C2=Cn3ncc(-c4cccc(NC(=O)NCC(F)(F)F)c4)c3NC2)C=CC1O. The Hall–Kier alpha value is -3.73. The van der Waals surface area contributed by atoms with Crippen LogP contribution in [0.25, 0.3) is 17.3 Å². The lowest BCUT2D eigenvalue weighted by Crippen LogP contribution is -2.36. The molecule has 3 heterocycles. The summed E-state index contributed by atoms with van der Waals surface area (Å²) < 4.78 is 38.5. The summed E-state index contributed by atoms with van der Waals surface area (Å²) >= 11 is 0. The normalized spacial score (nSPS) is 17.8. The molecule has 1 atom stereocenters. The number of benzene rings is 1. The van der Waals surface area contributed by atoms with Crippen molar-refractivity contribution >= 4 is 23.7 Å². The Morgan fingerprint density at radius 2 is 2.16 bits per heavy atom. The molecule has 168 valence electrons. The number of likely N-dealkylation sites (N-methyl/N-ethyl adjacent to an activating group) is 1. The van der Waals surface area contributed by atoms with Gasteiger partial charge in [0, 0.05) is 37.2 Å². The summed E-state index contributed by atoms with van der Waals surface area (Å²) in [5.74, 6) is 0.751. The lowest BCUT2D eigenvalue weighted by atomic mass is 10.0. The first-order valence-electron chi connectivity index (χ1n) is 9.74. The van der Waals surface area contributed by atoms with E-state index in [1.165, 1.54) is 0 Å². The van der Waals surface area contributed by atoms with Crippen molar-refractivity contribution in [2.24, 2.45) is 0 Å². The highest BCUT2D eigenvalue weighted by molar-refractivity contribution is 5.90. The fourth-order valence-corrected chi connectivity index (χ4v) is 3.37. The molecule has 8 nitrogen and oxygen atoms in total. The predicted molar refractivity (Wildman–Crippen MR) is 114 cm³/mol. The number of carbonyl (C=O) groups excluding carboxylic acids is 1. The van der Waals surface area contributed by atoms with Crippen molar-refractivity contribution in [3.63, 3.8) is 0 Å². The number of allylic oxidation sites excluding steroid dienone is 1. The number of hydrogen-bond donors (Lipinski definition) is 4. The number of aromatic nitrogens is 2. The Morgan fingerprint density at radius 1 is 1.34 bits per heavy atom. The number of rotatable bonds is 4. The van der Waals surface area contributed by atoms with Crippen LogP contribution < -0.4 is 16.0 Å². The van der Waals surface area contributed by atoms with E-state index in [4.69, 9.17) is 0 Å². The van der Waals surface area contributed by atoms with Crippen molar-refractivity contribution in [1.29, 1.82) is 0 Å². The van der Waals surface area contributed by atoms with E-state index in [9.17, 15) is 23.1 Å². The highest BCUT2D eigenvalue weighted by Gasteiger charge is 2.27. The van der Waals surface area contributed by atoms with Crippen molar-refractivity contribution in [2.75, 3.05) is 30.8 Å². The van der Waals surface area contributed by atoms with Crippen molar-refractivity contribution in [1.82, 2.24) is 20.0 Å². The van der Waals surface area contributed by atoms with E-state index in [0.29, 0.717) is 12.2 Å². The summed E-state index contributed by atoms with van der Waals surface area (Å²) in [4.78, 5) is 13.4. The maximum Gasteiger partial charge on any atom is 0.405 e. The lowest BCUT2D eigenvalue weighted by Gasteiger charge is -2.26. The number of urea groups is 1. The number of nitrogens with one attached hydrogen (secondary N) is 3. The fourth-order valence-electron chi connectivity index (χ4n) is 3.37. The molecule has 0 fully saturated rings. The monoisotopic (exact) mass is 446 g/mol. The Balaban J connectivity index is 1.51. The van der Waals surface area contributed by atoms with Crippen molar-refractivity contribution < 1.29 is 23.1 Å². The molecular weight excluding hydrogens is 425 g/mol. The fraction of sp³-hybridized carbons (Fsp3) is 0.238. The average molecular weight is 446 g/mol. The molecule has 0 radical (unpaired) electrons. The molecule has 2 aromatic rings. The molecule has 0 saturated heterocycles. The Labute approximate surface area is 181 Å². The van der Waals surface area contributed by atoms with Gasteiger partial charge in [0.05, 0.1) is 6.20 Å². The van der Waals surface area contributed by atoms with E-state index < -0.39 is 25.0 Å². The number of anilines is 2. The molecule has 32 heavy (non-hydrogen) atoms. The van der Waals surface area contributed by atoms with E-state index in [2.05, 4.69) is 15.7 Å². The second-order valence-electron chi connectivity index (χ2n) is 7.39. The number of carbonyl (C=O) groups is 1. The number of alkyl halides is 3. The van der Waals surface area contributed by atoms with Gasteiger partial charge in [0.25, 0.3) is 0 Å². The van der Waals surface area contributed by atoms with Crippen LogP contribution in [0.4, 0.5) is 29.5 Å². The third-order valence-corrected chi connectivity index (χ3v) is 4.98. The molecular formula is C21H21F3N6O2. The molecule has 2 aliphatic rings. The van der Waals surface area contributed by atoms with E-state index in [0.717, 1.165) is 28.1 Å². The Kier molecular flexibility index (Phi) is 5.66. The molecule has 1 aromatic carbocycles. The van der Waals surface area contributed by atoms with Crippen LogP contribution in [0.15, 0.2) is 60.0 Å². The Morgan fingerprint density at radius 3 is 2.91 bits per heavy atom. The molecule has 0 spiro atoms. The van der Waals surface area contributed by atoms with E-state index in [-0.39, 0.29) is 0 Å². The third kappa shape index (κ3) is 4.78. The Bertz CT molecular complexity index is 1120. The second-order valence-corrected chi connectivity index (χ2v) is 7.39. The molecule has 0 saturated carbocycles. The van der Waals surface area contributed by atoms with Gasteiger partial charge < -0.3 is 26.0 Å². The summed E-state index contributed by atoms with van der Waals surface area (Å²) in [5, 5.41) is 21.7. The number of hydrogen-bond acceptors (Lipinski definition) is 5. The molecule has 2 aliphatic heterocycles. The zero-order chi connectivity index (χ0) is 22.9. The van der Waals surface area contributed by atoms with Gasteiger partial charge in [-0.05, 0) is 34.9 Å². The summed E-state index contributed by atoms with van der Waals surface area (Å²) in [6.07, 6.45) is 3.84. The number of nitrogens with zero attached hydrogens (tertiary/aromatic N) is 3. The quantitative estimate of drug-likeness (QED) is 0.579. The van der Waals surface area contributed by atoms with Crippen molar-refractivity contribution in [3.05, 3.63) is 60.0 Å². The molecule has 1 aromatic heterocycles. The van der Waals surface area contributed by atoms with Gasteiger partial charge in [0.15, 0.2) is 0 Å². The van der Waals surface area contributed by atoms with Crippen LogP contribution in [0.3, 0.4) is 0 Å². The van der Waals surface area contributed by atoms with Gasteiger partial charge in [0.1, 0.15) is 18.6 Å². The van der Waals surface area contributed by atoms with Gasteiger partial charge in [-0.15, -0.1) is 0 Å². The first-order chi connectivity index (χ1) is 15.2. The molecule has 4 N–H and O–H groups in total. The van der Waals surface area contributed by atoms with Crippen LogP contribution in [0.5, 0.6) is 0 Å². The summed E-state index contributed by atoms with van der Waals surface area (Å²) in [5.41, 5.74) is 3.81. The minimum atomic E-state index is -4.48. The smallest absolute Gasteiger partial charge is 0.370 e. The van der Waals surface area contributed by atoms with Gasteiger partial charge >= 0.3 is 12.2 Å². The topological polar surface area (TPSA) is 94.5 Å². The van der Waals surface area contributed by atoms with Crippen LogP contribution >= 0.6 is 0 Å². The second kappa shape index (κ2) is 8.42. The first-order valence-corrected chi connectivity index (χ1v) is 9.74. The minimum absolute atomic E-state index is 0.355. The summed E-state index contributed by atoms with van der Waals surface area (Å²) in [6, 6.07) is 5.83. The van der Waals surface area contributed by atoms with Crippen molar-refractivity contribution in [2.45, 2.75) is 12.4 Å². The lowest BCUT2D eigenvalue weighted by molar-refractivity contribution is -0.122. The first kappa shape index (κ1) is 21.5. The highest BCUT2D eigenvalue weighted by atomic mass is 19.4. The molecule has 1 unspecified atom stereocenters. The van der Waals surface area contributed by atoms with E-state index in [1.807, 2.05) is 24.5 Å². The zero-order valence-corrected chi connectivity index (χ0v) is 17.0. The maximum absolute atomic E-state index is 12.3. The minimum Gasteiger partial charge on any atom is -0.370 e.